The number of fused-ring (bicyclic) bond motifs is 1. The van der Waals surface area contributed by atoms with Crippen LogP contribution in [0.3, 0.4) is 0 Å². The molecule has 0 aromatic rings. The Morgan fingerprint density at radius 3 is 3.25 bits per heavy atom. The van der Waals surface area contributed by atoms with Gasteiger partial charge < -0.3 is 4.74 Å². The van der Waals surface area contributed by atoms with E-state index in [4.69, 9.17) is 0 Å². The summed E-state index contributed by atoms with van der Waals surface area (Å²) >= 11 is 0. The average molecular weight is 167 g/mol. The van der Waals surface area contributed by atoms with Gasteiger partial charge in [0.25, 0.3) is 0 Å². The molecule has 2 aliphatic rings. The fourth-order valence-electron chi connectivity index (χ4n) is 1.15. The number of carbonyl (C=O) groups excluding carboxylic acids is 1. The van der Waals surface area contributed by atoms with Crippen molar-refractivity contribution in [3.8, 4) is 0 Å². The molecule has 0 saturated carbocycles. The predicted molar refractivity (Wildman–Crippen MR) is 40.9 cm³/mol. The Labute approximate surface area is 69.8 Å². The standard InChI is InChI=1S/C7H9N3O2/c1-12-7(11)6-5-9-3-2-4-10(9)8-6/h2-3,5,8H,4H2,1H3. The average Bonchev–Trinajstić information content (AvgIpc) is 2.60. The van der Waals surface area contributed by atoms with Gasteiger partial charge in [0.1, 0.15) is 0 Å². The monoisotopic (exact) mass is 167 g/mol. The minimum absolute atomic E-state index is 0.349. The molecule has 2 heterocycles. The zero-order chi connectivity index (χ0) is 8.55. The van der Waals surface area contributed by atoms with Crippen LogP contribution in [0.15, 0.2) is 24.2 Å². The molecule has 0 aromatic carbocycles. The molecule has 0 amide bonds. The first-order valence-electron chi connectivity index (χ1n) is 3.60. The largest absolute Gasteiger partial charge is 0.464 e. The van der Waals surface area contributed by atoms with Gasteiger partial charge in [0.2, 0.25) is 0 Å². The molecule has 0 aliphatic carbocycles. The normalized spacial score (nSPS) is 20.4. The fraction of sp³-hybridized carbons (Fsp3) is 0.286. The molecule has 0 unspecified atom stereocenters. The van der Waals surface area contributed by atoms with Crippen molar-refractivity contribution in [2.24, 2.45) is 0 Å². The molecule has 1 N–H and O–H groups in total. The fourth-order valence-corrected chi connectivity index (χ4v) is 1.15. The van der Waals surface area contributed by atoms with Crippen molar-refractivity contribution < 1.29 is 9.53 Å². The first-order valence-corrected chi connectivity index (χ1v) is 3.60. The van der Waals surface area contributed by atoms with Crippen LogP contribution in [-0.4, -0.2) is 29.8 Å². The van der Waals surface area contributed by atoms with Gasteiger partial charge in [0.15, 0.2) is 5.70 Å². The number of carbonyl (C=O) groups is 1. The van der Waals surface area contributed by atoms with Crippen LogP contribution in [0, 0.1) is 0 Å². The summed E-state index contributed by atoms with van der Waals surface area (Å²) in [4.78, 5) is 11.0. The maximum absolute atomic E-state index is 11.0. The summed E-state index contributed by atoms with van der Waals surface area (Å²) in [5.41, 5.74) is 3.35. The molecular formula is C7H9N3O2. The third kappa shape index (κ3) is 0.947. The van der Waals surface area contributed by atoms with Crippen molar-refractivity contribution in [3.05, 3.63) is 24.2 Å². The van der Waals surface area contributed by atoms with E-state index in [-0.39, 0.29) is 5.97 Å². The minimum atomic E-state index is -0.349. The van der Waals surface area contributed by atoms with E-state index in [1.807, 2.05) is 12.3 Å². The number of rotatable bonds is 1. The van der Waals surface area contributed by atoms with Crippen molar-refractivity contribution >= 4 is 5.97 Å². The Morgan fingerprint density at radius 1 is 1.75 bits per heavy atom. The van der Waals surface area contributed by atoms with E-state index >= 15 is 0 Å². The Bertz CT molecular complexity index is 272. The summed E-state index contributed by atoms with van der Waals surface area (Å²) in [6.45, 7) is 0.761. The highest BCUT2D eigenvalue weighted by atomic mass is 16.5. The highest BCUT2D eigenvalue weighted by molar-refractivity contribution is 5.87. The Morgan fingerprint density at radius 2 is 2.58 bits per heavy atom. The van der Waals surface area contributed by atoms with Gasteiger partial charge in [-0.1, -0.05) is 0 Å². The SMILES string of the molecule is COC(=O)C1=CN2C=CCN2N1. The van der Waals surface area contributed by atoms with Gasteiger partial charge in [-0.05, 0) is 6.08 Å². The van der Waals surface area contributed by atoms with Gasteiger partial charge in [-0.25, -0.2) is 4.79 Å². The van der Waals surface area contributed by atoms with Crippen LogP contribution in [0.1, 0.15) is 0 Å². The summed E-state index contributed by atoms with van der Waals surface area (Å²) in [7, 11) is 1.36. The number of ether oxygens (including phenoxy) is 1. The summed E-state index contributed by atoms with van der Waals surface area (Å²) in [6.07, 6.45) is 5.55. The smallest absolute Gasteiger partial charge is 0.357 e. The quantitative estimate of drug-likeness (QED) is 0.537. The summed E-state index contributed by atoms with van der Waals surface area (Å²) in [6, 6.07) is 0. The molecule has 5 nitrogen and oxygen atoms in total. The minimum Gasteiger partial charge on any atom is -0.464 e. The van der Waals surface area contributed by atoms with Crippen molar-refractivity contribution in [1.29, 1.82) is 0 Å². The van der Waals surface area contributed by atoms with Crippen molar-refractivity contribution in [2.75, 3.05) is 13.7 Å². The van der Waals surface area contributed by atoms with Gasteiger partial charge >= 0.3 is 5.97 Å². The van der Waals surface area contributed by atoms with Crippen LogP contribution < -0.4 is 5.43 Å². The molecule has 0 spiro atoms. The van der Waals surface area contributed by atoms with E-state index in [1.54, 1.807) is 16.3 Å². The molecule has 0 bridgehead atoms. The Balaban J connectivity index is 2.12. The maximum atomic E-state index is 11.0. The molecular weight excluding hydrogens is 158 g/mol. The third-order valence-electron chi connectivity index (χ3n) is 1.73. The van der Waals surface area contributed by atoms with E-state index < -0.39 is 0 Å². The first-order chi connectivity index (χ1) is 5.81. The molecule has 5 heteroatoms. The van der Waals surface area contributed by atoms with Crippen LogP contribution in [0.25, 0.3) is 0 Å². The van der Waals surface area contributed by atoms with Gasteiger partial charge in [-0.2, -0.15) is 0 Å². The summed E-state index contributed by atoms with van der Waals surface area (Å²) in [5.74, 6) is -0.349. The molecule has 2 aliphatic heterocycles. The lowest BCUT2D eigenvalue weighted by atomic mass is 10.5. The highest BCUT2D eigenvalue weighted by Crippen LogP contribution is 2.15. The van der Waals surface area contributed by atoms with E-state index in [2.05, 4.69) is 10.2 Å². The zero-order valence-electron chi connectivity index (χ0n) is 6.65. The molecule has 0 atom stereocenters. The molecule has 12 heavy (non-hydrogen) atoms. The van der Waals surface area contributed by atoms with Crippen molar-refractivity contribution in [3.63, 3.8) is 0 Å². The number of nitrogens with zero attached hydrogens (tertiary/aromatic N) is 2. The third-order valence-corrected chi connectivity index (χ3v) is 1.73. The summed E-state index contributed by atoms with van der Waals surface area (Å²) < 4.78 is 4.55. The number of hydrogen-bond acceptors (Lipinski definition) is 5. The van der Waals surface area contributed by atoms with Crippen LogP contribution in [0.2, 0.25) is 0 Å². The Hall–Kier alpha value is -1.49. The molecule has 0 radical (unpaired) electrons. The second-order valence-corrected chi connectivity index (χ2v) is 2.49. The van der Waals surface area contributed by atoms with Gasteiger partial charge in [0.05, 0.1) is 19.9 Å². The lowest BCUT2D eigenvalue weighted by Crippen LogP contribution is -2.37. The first kappa shape index (κ1) is 7.17. The van der Waals surface area contributed by atoms with Crippen molar-refractivity contribution in [2.45, 2.75) is 0 Å². The lowest BCUT2D eigenvalue weighted by Gasteiger charge is -2.18. The molecule has 0 aromatic heterocycles. The molecule has 2 rings (SSSR count). The predicted octanol–water partition coefficient (Wildman–Crippen LogP) is -0.435. The van der Waals surface area contributed by atoms with Crippen molar-refractivity contribution in [1.82, 2.24) is 15.6 Å². The van der Waals surface area contributed by atoms with Crippen LogP contribution in [0.5, 0.6) is 0 Å². The van der Waals surface area contributed by atoms with E-state index in [1.165, 1.54) is 7.11 Å². The number of methoxy groups -OCH3 is 1. The number of nitrogens with one attached hydrogen (secondary N) is 1. The maximum Gasteiger partial charge on any atom is 0.357 e. The Kier molecular flexibility index (Phi) is 1.51. The van der Waals surface area contributed by atoms with Gasteiger partial charge in [0, 0.05) is 6.20 Å². The van der Waals surface area contributed by atoms with E-state index in [9.17, 15) is 4.79 Å². The van der Waals surface area contributed by atoms with E-state index in [0.29, 0.717) is 5.70 Å². The zero-order valence-corrected chi connectivity index (χ0v) is 6.65. The summed E-state index contributed by atoms with van der Waals surface area (Å²) in [5, 5.41) is 3.60. The molecule has 64 valence electrons. The number of hydrazine groups is 2. The second-order valence-electron chi connectivity index (χ2n) is 2.49. The molecule has 0 saturated heterocycles. The van der Waals surface area contributed by atoms with Gasteiger partial charge in [-0.3, -0.25) is 10.4 Å². The molecule has 0 fully saturated rings. The van der Waals surface area contributed by atoms with Crippen LogP contribution in [0.4, 0.5) is 0 Å². The number of esters is 1. The lowest BCUT2D eigenvalue weighted by molar-refractivity contribution is -0.136. The van der Waals surface area contributed by atoms with Crippen LogP contribution in [-0.2, 0) is 9.53 Å². The second kappa shape index (κ2) is 2.53. The topological polar surface area (TPSA) is 44.8 Å². The number of hydrogen-bond donors (Lipinski definition) is 1. The van der Waals surface area contributed by atoms with Crippen LogP contribution >= 0.6 is 0 Å². The highest BCUT2D eigenvalue weighted by Gasteiger charge is 2.26. The van der Waals surface area contributed by atoms with E-state index in [0.717, 1.165) is 6.54 Å². The van der Waals surface area contributed by atoms with Gasteiger partial charge in [-0.15, -0.1) is 5.12 Å².